The van der Waals surface area contributed by atoms with E-state index in [0.717, 1.165) is 31.4 Å². The smallest absolute Gasteiger partial charge is 0.422 e. The minimum absolute atomic E-state index is 0.0427. The fourth-order valence-corrected chi connectivity index (χ4v) is 7.70. The van der Waals surface area contributed by atoms with Gasteiger partial charge in [-0.05, 0) is 78.2 Å². The van der Waals surface area contributed by atoms with Crippen molar-refractivity contribution in [1.82, 2.24) is 30.0 Å². The minimum atomic E-state index is -4.63. The number of rotatable bonds is 7. The molecule has 4 aromatic rings. The second-order valence-corrected chi connectivity index (χ2v) is 15.3. The summed E-state index contributed by atoms with van der Waals surface area (Å²) < 4.78 is 59.0. The first-order chi connectivity index (χ1) is 23.6. The van der Waals surface area contributed by atoms with Gasteiger partial charge in [-0.25, -0.2) is 4.79 Å². The van der Waals surface area contributed by atoms with Crippen molar-refractivity contribution in [2.45, 2.75) is 64.8 Å². The van der Waals surface area contributed by atoms with Crippen LogP contribution in [-0.2, 0) is 4.74 Å². The molecular formula is C35H41ClF3N7O4. The van der Waals surface area contributed by atoms with Crippen LogP contribution in [0.15, 0.2) is 24.4 Å². The average molecular weight is 716 g/mol. The Hall–Kier alpha value is -4.04. The van der Waals surface area contributed by atoms with Crippen LogP contribution in [0.2, 0.25) is 5.02 Å². The Balaban J connectivity index is 1.33. The van der Waals surface area contributed by atoms with Crippen LogP contribution in [0.1, 0.15) is 45.6 Å². The predicted octanol–water partition coefficient (Wildman–Crippen LogP) is 7.00. The van der Waals surface area contributed by atoms with Crippen LogP contribution in [0, 0.1) is 12.3 Å². The number of fused-ring (bicyclic) bond motifs is 2. The largest absolute Gasteiger partial charge is 0.481 e. The Bertz CT molecular complexity index is 1940. The van der Waals surface area contributed by atoms with E-state index in [1.807, 2.05) is 46.9 Å². The van der Waals surface area contributed by atoms with Crippen molar-refractivity contribution in [3.8, 4) is 22.9 Å². The highest BCUT2D eigenvalue weighted by Gasteiger charge is 2.51. The zero-order chi connectivity index (χ0) is 35.6. The van der Waals surface area contributed by atoms with Crippen molar-refractivity contribution in [3.05, 3.63) is 35.0 Å². The number of aromatic amines is 1. The number of hydrogen-bond acceptors (Lipinski definition) is 9. The number of alkyl halides is 3. The van der Waals surface area contributed by atoms with Crippen molar-refractivity contribution < 1.29 is 32.2 Å². The molecule has 1 amide bonds. The maximum Gasteiger partial charge on any atom is 0.422 e. The van der Waals surface area contributed by atoms with E-state index in [4.69, 9.17) is 35.8 Å². The second-order valence-electron chi connectivity index (χ2n) is 14.9. The first kappa shape index (κ1) is 34.4. The van der Waals surface area contributed by atoms with Gasteiger partial charge in [-0.1, -0.05) is 17.7 Å². The van der Waals surface area contributed by atoms with Gasteiger partial charge in [-0.15, -0.1) is 0 Å². The van der Waals surface area contributed by atoms with Crippen molar-refractivity contribution in [2.24, 2.45) is 5.41 Å². The molecule has 1 unspecified atom stereocenters. The fraction of sp³-hybridized carbons (Fsp3) is 0.543. The van der Waals surface area contributed by atoms with Crippen molar-refractivity contribution in [3.63, 3.8) is 0 Å². The van der Waals surface area contributed by atoms with Gasteiger partial charge in [-0.2, -0.15) is 28.2 Å². The number of nitrogens with one attached hydrogen (secondary N) is 1. The van der Waals surface area contributed by atoms with Gasteiger partial charge >= 0.3 is 18.3 Å². The molecule has 268 valence electrons. The first-order valence-corrected chi connectivity index (χ1v) is 17.2. The maximum atomic E-state index is 13.8. The van der Waals surface area contributed by atoms with Crippen LogP contribution in [0.4, 0.5) is 23.8 Å². The Labute approximate surface area is 293 Å². The summed E-state index contributed by atoms with van der Waals surface area (Å²) in [5.74, 6) is 0.377. The number of ether oxygens (including phenoxy) is 3. The quantitative estimate of drug-likeness (QED) is 0.217. The zero-order valence-corrected chi connectivity index (χ0v) is 29.5. The first-order valence-electron chi connectivity index (χ1n) is 16.8. The number of benzene rings is 2. The van der Waals surface area contributed by atoms with Crippen LogP contribution >= 0.6 is 11.6 Å². The van der Waals surface area contributed by atoms with Crippen LogP contribution in [-0.4, -0.2) is 107 Å². The Morgan fingerprint density at radius 3 is 2.56 bits per heavy atom. The molecule has 1 spiro atoms. The third-order valence-electron chi connectivity index (χ3n) is 9.84. The molecule has 1 atom stereocenters. The lowest BCUT2D eigenvalue weighted by Gasteiger charge is -2.47. The average Bonchev–Trinajstić information content (AvgIpc) is 3.77. The molecule has 1 N–H and O–H groups in total. The number of amides is 1. The summed E-state index contributed by atoms with van der Waals surface area (Å²) in [4.78, 5) is 28.3. The van der Waals surface area contributed by atoms with Crippen LogP contribution in [0.3, 0.4) is 0 Å². The number of likely N-dealkylation sites (N-methyl/N-ethyl adjacent to an activating group) is 1. The van der Waals surface area contributed by atoms with Crippen molar-refractivity contribution in [1.29, 1.82) is 0 Å². The van der Waals surface area contributed by atoms with Gasteiger partial charge < -0.3 is 28.9 Å². The molecule has 3 aliphatic rings. The fourth-order valence-electron chi connectivity index (χ4n) is 7.41. The molecule has 0 saturated carbocycles. The molecule has 3 aliphatic heterocycles. The summed E-state index contributed by atoms with van der Waals surface area (Å²) in [6.45, 7) is 9.30. The summed E-state index contributed by atoms with van der Waals surface area (Å²) >= 11 is 7.05. The van der Waals surface area contributed by atoms with E-state index in [1.165, 1.54) is 0 Å². The molecular weight excluding hydrogens is 675 g/mol. The SMILES string of the molecule is Cc1ccc2[nH]ncc2c1-c1c(Cl)cc2c(N3CCC4(CN(C(=O)OC(C)(C)C)C4)C3)nc(OCC3CCCN3C)nc2c1OCC(F)(F)F. The maximum absolute atomic E-state index is 13.8. The molecule has 3 saturated heterocycles. The van der Waals surface area contributed by atoms with Gasteiger partial charge in [0.25, 0.3) is 0 Å². The summed E-state index contributed by atoms with van der Waals surface area (Å²) in [5, 5.41) is 8.41. The number of halogens is 4. The number of carbonyl (C=O) groups excluding carboxylic acids is 1. The molecule has 15 heteroatoms. The van der Waals surface area contributed by atoms with Gasteiger partial charge in [0.1, 0.15) is 23.5 Å². The highest BCUT2D eigenvalue weighted by Crippen LogP contribution is 2.49. The number of aryl methyl sites for hydroxylation is 1. The number of hydrogen-bond donors (Lipinski definition) is 1. The summed E-state index contributed by atoms with van der Waals surface area (Å²) in [5.41, 5.74) is 1.72. The van der Waals surface area contributed by atoms with Gasteiger partial charge in [0.2, 0.25) is 0 Å². The third kappa shape index (κ3) is 6.71. The number of anilines is 1. The molecule has 50 heavy (non-hydrogen) atoms. The number of likely N-dealkylation sites (tertiary alicyclic amines) is 2. The molecule has 5 heterocycles. The van der Waals surface area contributed by atoms with Gasteiger partial charge in [0.15, 0.2) is 12.4 Å². The van der Waals surface area contributed by atoms with E-state index in [-0.39, 0.29) is 45.4 Å². The normalized spacial score (nSPS) is 19.5. The molecule has 2 aromatic heterocycles. The van der Waals surface area contributed by atoms with Gasteiger partial charge in [-0.3, -0.25) is 5.10 Å². The second kappa shape index (κ2) is 12.6. The number of aromatic nitrogens is 4. The van der Waals surface area contributed by atoms with E-state index in [9.17, 15) is 18.0 Å². The van der Waals surface area contributed by atoms with E-state index in [1.54, 1.807) is 17.2 Å². The predicted molar refractivity (Wildman–Crippen MR) is 184 cm³/mol. The Morgan fingerprint density at radius 2 is 1.86 bits per heavy atom. The highest BCUT2D eigenvalue weighted by molar-refractivity contribution is 6.35. The zero-order valence-electron chi connectivity index (χ0n) is 28.8. The van der Waals surface area contributed by atoms with Crippen LogP contribution in [0.25, 0.3) is 32.9 Å². The highest BCUT2D eigenvalue weighted by atomic mass is 35.5. The van der Waals surface area contributed by atoms with E-state index in [2.05, 4.69) is 20.0 Å². The summed E-state index contributed by atoms with van der Waals surface area (Å²) in [7, 11) is 2.03. The lowest BCUT2D eigenvalue weighted by molar-refractivity contribution is -0.153. The van der Waals surface area contributed by atoms with Gasteiger partial charge in [0.05, 0.1) is 16.7 Å². The van der Waals surface area contributed by atoms with E-state index < -0.39 is 18.4 Å². The molecule has 0 aliphatic carbocycles. The van der Waals surface area contributed by atoms with Crippen LogP contribution in [0.5, 0.6) is 11.8 Å². The van der Waals surface area contributed by atoms with Gasteiger partial charge in [0, 0.05) is 59.5 Å². The lowest BCUT2D eigenvalue weighted by Crippen LogP contribution is -2.60. The lowest BCUT2D eigenvalue weighted by atomic mass is 9.79. The summed E-state index contributed by atoms with van der Waals surface area (Å²) in [6, 6.07) is 5.61. The monoisotopic (exact) mass is 715 g/mol. The molecule has 7 rings (SSSR count). The van der Waals surface area contributed by atoms with E-state index in [0.29, 0.717) is 60.5 Å². The van der Waals surface area contributed by atoms with Crippen LogP contribution < -0.4 is 14.4 Å². The molecule has 0 radical (unpaired) electrons. The number of carbonyl (C=O) groups is 1. The Morgan fingerprint density at radius 1 is 1.08 bits per heavy atom. The molecule has 11 nitrogen and oxygen atoms in total. The Kier molecular flexibility index (Phi) is 8.69. The molecule has 0 bridgehead atoms. The standard InChI is InChI=1S/C35H41ClF3N7O4/c1-20-8-9-25-23(14-40-43-25)26(20)27-24(36)13-22-28(29(27)49-19-35(37,38)39)41-31(48-15-21-7-6-11-44(21)5)42-30(22)45-12-10-34(16-45)17-46(18-34)32(47)50-33(2,3)4/h8-9,13-14,21H,6-7,10-12,15-19H2,1-5H3,(H,40,43). The topological polar surface area (TPSA) is 109 Å². The van der Waals surface area contributed by atoms with Crippen molar-refractivity contribution in [2.75, 3.05) is 57.9 Å². The summed E-state index contributed by atoms with van der Waals surface area (Å²) in [6.07, 6.45) is -0.585. The molecule has 2 aromatic carbocycles. The third-order valence-corrected chi connectivity index (χ3v) is 10.1. The van der Waals surface area contributed by atoms with Crippen molar-refractivity contribution >= 4 is 45.3 Å². The number of nitrogens with zero attached hydrogens (tertiary/aromatic N) is 6. The number of H-pyrrole nitrogens is 1. The minimum Gasteiger partial charge on any atom is -0.481 e. The molecule has 3 fully saturated rings. The van der Waals surface area contributed by atoms with E-state index >= 15 is 0 Å².